The van der Waals surface area contributed by atoms with Gasteiger partial charge in [0.05, 0.1) is 11.8 Å². The third-order valence-corrected chi connectivity index (χ3v) is 2.99. The number of hydrogen-bond acceptors (Lipinski definition) is 2. The summed E-state index contributed by atoms with van der Waals surface area (Å²) in [5, 5.41) is 11.7. The number of amides is 1. The predicted molar refractivity (Wildman–Crippen MR) is 74.6 cm³/mol. The van der Waals surface area contributed by atoms with Gasteiger partial charge in [-0.15, -0.1) is 0 Å². The van der Waals surface area contributed by atoms with E-state index in [2.05, 4.69) is 5.32 Å². The summed E-state index contributed by atoms with van der Waals surface area (Å²) in [4.78, 5) is 12.1. The van der Waals surface area contributed by atoms with Crippen LogP contribution in [-0.2, 0) is 4.79 Å². The Labute approximate surface area is 116 Å². The van der Waals surface area contributed by atoms with Crippen LogP contribution in [0.2, 0.25) is 0 Å². The molecule has 100 valence electrons. The van der Waals surface area contributed by atoms with E-state index in [1.54, 1.807) is 49.4 Å². The number of carbonyl (C=O) groups is 1. The Bertz CT molecular complexity index is 642. The molecular weight excluding hydrogens is 255 g/mol. The van der Waals surface area contributed by atoms with Crippen LogP contribution in [0.5, 0.6) is 0 Å². The minimum Gasteiger partial charge on any atom is -0.322 e. The highest BCUT2D eigenvalue weighted by Crippen LogP contribution is 2.22. The van der Waals surface area contributed by atoms with E-state index in [0.717, 1.165) is 0 Å². The van der Waals surface area contributed by atoms with E-state index in [9.17, 15) is 9.18 Å². The van der Waals surface area contributed by atoms with Gasteiger partial charge < -0.3 is 5.32 Å². The molecule has 2 rings (SSSR count). The number of anilines is 1. The number of halogens is 1. The number of para-hydroxylation sites is 1. The number of nitrogens with one attached hydrogen (secondary N) is 1. The molecule has 0 saturated carbocycles. The Kier molecular flexibility index (Phi) is 4.11. The second kappa shape index (κ2) is 5.98. The summed E-state index contributed by atoms with van der Waals surface area (Å²) in [7, 11) is 0. The molecule has 0 aliphatic rings. The van der Waals surface area contributed by atoms with E-state index in [4.69, 9.17) is 5.26 Å². The molecule has 3 nitrogen and oxygen atoms in total. The average Bonchev–Trinajstić information content (AvgIpc) is 2.45. The first-order valence-electron chi connectivity index (χ1n) is 6.14. The van der Waals surface area contributed by atoms with E-state index in [1.165, 1.54) is 6.07 Å². The standard InChI is InChI=1S/C16H13FN2O/c1-11-6-5-9-14(17)15(11)19-16(20)13(10-18)12-7-3-2-4-8-12/h2-9,13H,1H3,(H,19,20). The predicted octanol–water partition coefficient (Wildman–Crippen LogP) is 3.38. The molecule has 0 aliphatic heterocycles. The summed E-state index contributed by atoms with van der Waals surface area (Å²) < 4.78 is 13.7. The lowest BCUT2D eigenvalue weighted by atomic mass is 9.99. The Morgan fingerprint density at radius 3 is 2.50 bits per heavy atom. The van der Waals surface area contributed by atoms with Crippen molar-refractivity contribution in [2.45, 2.75) is 12.8 Å². The average molecular weight is 268 g/mol. The summed E-state index contributed by atoms with van der Waals surface area (Å²) in [6.45, 7) is 1.70. The van der Waals surface area contributed by atoms with Gasteiger partial charge >= 0.3 is 0 Å². The van der Waals surface area contributed by atoms with Gasteiger partial charge in [0.2, 0.25) is 5.91 Å². The number of benzene rings is 2. The minimum absolute atomic E-state index is 0.119. The maximum atomic E-state index is 13.7. The first-order valence-corrected chi connectivity index (χ1v) is 6.14. The summed E-state index contributed by atoms with van der Waals surface area (Å²) in [5.74, 6) is -2.01. The quantitative estimate of drug-likeness (QED) is 0.927. The molecule has 0 saturated heterocycles. The number of carbonyl (C=O) groups excluding carboxylic acids is 1. The van der Waals surface area contributed by atoms with Gasteiger partial charge in [0.25, 0.3) is 0 Å². The smallest absolute Gasteiger partial charge is 0.246 e. The molecule has 1 unspecified atom stereocenters. The maximum absolute atomic E-state index is 13.7. The molecule has 2 aromatic carbocycles. The largest absolute Gasteiger partial charge is 0.322 e. The van der Waals surface area contributed by atoms with E-state index in [0.29, 0.717) is 11.1 Å². The Morgan fingerprint density at radius 1 is 1.20 bits per heavy atom. The van der Waals surface area contributed by atoms with Gasteiger partial charge in [-0.25, -0.2) is 4.39 Å². The topological polar surface area (TPSA) is 52.9 Å². The van der Waals surface area contributed by atoms with Crippen molar-refractivity contribution in [1.29, 1.82) is 5.26 Å². The van der Waals surface area contributed by atoms with Crippen molar-refractivity contribution in [3.05, 3.63) is 65.5 Å². The molecule has 1 amide bonds. The SMILES string of the molecule is Cc1cccc(F)c1NC(=O)C(C#N)c1ccccc1. The molecule has 0 spiro atoms. The highest BCUT2D eigenvalue weighted by molar-refractivity contribution is 5.98. The molecule has 0 heterocycles. The van der Waals surface area contributed by atoms with Gasteiger partial charge in [-0.1, -0.05) is 42.5 Å². The summed E-state index contributed by atoms with van der Waals surface area (Å²) >= 11 is 0. The lowest BCUT2D eigenvalue weighted by Crippen LogP contribution is -2.21. The second-order valence-electron chi connectivity index (χ2n) is 4.39. The van der Waals surface area contributed by atoms with Gasteiger partial charge in [0, 0.05) is 0 Å². The minimum atomic E-state index is -0.963. The van der Waals surface area contributed by atoms with Crippen LogP contribution in [-0.4, -0.2) is 5.91 Å². The highest BCUT2D eigenvalue weighted by atomic mass is 19.1. The Morgan fingerprint density at radius 2 is 1.90 bits per heavy atom. The molecule has 0 fully saturated rings. The van der Waals surface area contributed by atoms with E-state index >= 15 is 0 Å². The van der Waals surface area contributed by atoms with Gasteiger partial charge in [-0.05, 0) is 24.1 Å². The first kappa shape index (κ1) is 13.8. The van der Waals surface area contributed by atoms with Gasteiger partial charge in [-0.2, -0.15) is 5.26 Å². The van der Waals surface area contributed by atoms with Crippen molar-refractivity contribution < 1.29 is 9.18 Å². The molecule has 2 aromatic rings. The van der Waals surface area contributed by atoms with E-state index < -0.39 is 17.6 Å². The van der Waals surface area contributed by atoms with Crippen molar-refractivity contribution in [2.24, 2.45) is 0 Å². The number of aryl methyl sites for hydroxylation is 1. The van der Waals surface area contributed by atoms with E-state index in [1.807, 2.05) is 6.07 Å². The molecule has 1 atom stereocenters. The van der Waals surface area contributed by atoms with Crippen LogP contribution < -0.4 is 5.32 Å². The third kappa shape index (κ3) is 2.83. The monoisotopic (exact) mass is 268 g/mol. The molecule has 4 heteroatoms. The second-order valence-corrected chi connectivity index (χ2v) is 4.39. The highest BCUT2D eigenvalue weighted by Gasteiger charge is 2.21. The van der Waals surface area contributed by atoms with Gasteiger partial charge in [0.15, 0.2) is 5.92 Å². The van der Waals surface area contributed by atoms with Crippen molar-refractivity contribution >= 4 is 11.6 Å². The van der Waals surface area contributed by atoms with Gasteiger partial charge in [-0.3, -0.25) is 4.79 Å². The zero-order chi connectivity index (χ0) is 14.5. The molecule has 1 N–H and O–H groups in total. The normalized spacial score (nSPS) is 11.4. The van der Waals surface area contributed by atoms with Crippen LogP contribution in [0.1, 0.15) is 17.0 Å². The van der Waals surface area contributed by atoms with Crippen LogP contribution in [0, 0.1) is 24.1 Å². The molecule has 0 aliphatic carbocycles. The van der Waals surface area contributed by atoms with E-state index in [-0.39, 0.29) is 5.69 Å². The summed E-state index contributed by atoms with van der Waals surface area (Å²) in [6, 6.07) is 15.2. The van der Waals surface area contributed by atoms with Crippen molar-refractivity contribution in [3.8, 4) is 6.07 Å². The van der Waals surface area contributed by atoms with Crippen molar-refractivity contribution in [2.75, 3.05) is 5.32 Å². The van der Waals surface area contributed by atoms with Crippen LogP contribution in [0.4, 0.5) is 10.1 Å². The molecule has 0 radical (unpaired) electrons. The van der Waals surface area contributed by atoms with Crippen LogP contribution >= 0.6 is 0 Å². The lowest BCUT2D eigenvalue weighted by Gasteiger charge is -2.13. The molecular formula is C16H13FN2O. The lowest BCUT2D eigenvalue weighted by molar-refractivity contribution is -0.116. The first-order chi connectivity index (χ1) is 9.63. The molecule has 20 heavy (non-hydrogen) atoms. The molecule has 0 bridgehead atoms. The number of nitrogens with zero attached hydrogens (tertiary/aromatic N) is 1. The number of hydrogen-bond donors (Lipinski definition) is 1. The fraction of sp³-hybridized carbons (Fsp3) is 0.125. The maximum Gasteiger partial charge on any atom is 0.246 e. The van der Waals surface area contributed by atoms with Crippen molar-refractivity contribution in [1.82, 2.24) is 0 Å². The van der Waals surface area contributed by atoms with Crippen molar-refractivity contribution in [3.63, 3.8) is 0 Å². The Balaban J connectivity index is 2.26. The van der Waals surface area contributed by atoms with Gasteiger partial charge in [0.1, 0.15) is 5.82 Å². The summed E-state index contributed by atoms with van der Waals surface area (Å²) in [6.07, 6.45) is 0. The van der Waals surface area contributed by atoms with Crippen LogP contribution in [0.15, 0.2) is 48.5 Å². The number of rotatable bonds is 3. The van der Waals surface area contributed by atoms with Crippen LogP contribution in [0.3, 0.4) is 0 Å². The fourth-order valence-electron chi connectivity index (χ4n) is 1.92. The zero-order valence-corrected chi connectivity index (χ0v) is 10.9. The van der Waals surface area contributed by atoms with Crippen LogP contribution in [0.25, 0.3) is 0 Å². The summed E-state index contributed by atoms with van der Waals surface area (Å²) in [5.41, 5.74) is 1.32. The number of nitriles is 1. The Hall–Kier alpha value is -2.67. The fourth-order valence-corrected chi connectivity index (χ4v) is 1.92. The third-order valence-electron chi connectivity index (χ3n) is 2.99. The zero-order valence-electron chi connectivity index (χ0n) is 10.9. The molecule has 0 aromatic heterocycles.